The van der Waals surface area contributed by atoms with Crippen molar-refractivity contribution in [3.8, 4) is 0 Å². The minimum atomic E-state index is -0.445. The quantitative estimate of drug-likeness (QED) is 0.627. The second-order valence-corrected chi connectivity index (χ2v) is 9.17. The number of amides is 2. The molecule has 0 spiro atoms. The van der Waals surface area contributed by atoms with Crippen LogP contribution in [-0.4, -0.2) is 53.2 Å². The normalized spacial score (nSPS) is 16.6. The Morgan fingerprint density at radius 2 is 1.56 bits per heavy atom. The fraction of sp³-hybridized carbons (Fsp3) is 0.481. The summed E-state index contributed by atoms with van der Waals surface area (Å²) in [5.41, 5.74) is 4.68. The first-order valence-corrected chi connectivity index (χ1v) is 11.7. The lowest BCUT2D eigenvalue weighted by atomic mass is 9.91. The summed E-state index contributed by atoms with van der Waals surface area (Å²) < 4.78 is 0. The molecule has 0 bridgehead atoms. The van der Waals surface area contributed by atoms with Crippen molar-refractivity contribution in [3.63, 3.8) is 0 Å². The highest BCUT2D eigenvalue weighted by Crippen LogP contribution is 2.27. The topological polar surface area (TPSA) is 43.9 Å². The highest BCUT2D eigenvalue weighted by Gasteiger charge is 2.37. The van der Waals surface area contributed by atoms with E-state index >= 15 is 0 Å². The van der Waals surface area contributed by atoms with Crippen LogP contribution in [0, 0.1) is 5.92 Å². The lowest BCUT2D eigenvalue weighted by Crippen LogP contribution is -2.54. The first kappa shape index (κ1) is 24.0. The van der Waals surface area contributed by atoms with Crippen LogP contribution < -0.4 is 0 Å². The maximum atomic E-state index is 13.7. The van der Waals surface area contributed by atoms with Gasteiger partial charge >= 0.3 is 0 Å². The zero-order valence-corrected chi connectivity index (χ0v) is 20.2. The highest BCUT2D eigenvalue weighted by atomic mass is 16.2. The zero-order chi connectivity index (χ0) is 23.3. The van der Waals surface area contributed by atoms with Gasteiger partial charge in [0.2, 0.25) is 11.8 Å². The van der Waals surface area contributed by atoms with Crippen LogP contribution in [0.2, 0.25) is 0 Å². The number of carbonyl (C=O) groups excluding carboxylic acids is 2. The highest BCUT2D eigenvalue weighted by molar-refractivity contribution is 5.89. The molecular weight excluding hydrogens is 398 g/mol. The van der Waals surface area contributed by atoms with Crippen LogP contribution in [0.25, 0.3) is 0 Å². The Morgan fingerprint density at radius 1 is 0.969 bits per heavy atom. The third kappa shape index (κ3) is 5.57. The van der Waals surface area contributed by atoms with Crippen molar-refractivity contribution in [2.75, 3.05) is 20.6 Å². The van der Waals surface area contributed by atoms with Gasteiger partial charge in [-0.2, -0.15) is 0 Å². The number of carbonyl (C=O) groups is 2. The molecular formula is C27H37N3O2. The number of hydrogen-bond acceptors (Lipinski definition) is 3. The fourth-order valence-corrected chi connectivity index (χ4v) is 4.32. The number of benzene rings is 2. The first-order chi connectivity index (χ1) is 15.3. The average molecular weight is 436 g/mol. The van der Waals surface area contributed by atoms with E-state index in [-0.39, 0.29) is 17.7 Å². The summed E-state index contributed by atoms with van der Waals surface area (Å²) in [4.78, 5) is 32.8. The monoisotopic (exact) mass is 435 g/mol. The van der Waals surface area contributed by atoms with Crippen molar-refractivity contribution in [2.45, 2.75) is 59.3 Å². The van der Waals surface area contributed by atoms with E-state index in [1.54, 1.807) is 0 Å². The van der Waals surface area contributed by atoms with Crippen LogP contribution in [-0.2, 0) is 35.6 Å². The molecule has 1 aliphatic rings. The summed E-state index contributed by atoms with van der Waals surface area (Å²) in [6, 6.07) is 16.2. The zero-order valence-electron chi connectivity index (χ0n) is 20.2. The second kappa shape index (κ2) is 10.8. The maximum absolute atomic E-state index is 13.7. The fourth-order valence-electron chi connectivity index (χ4n) is 4.32. The molecule has 0 radical (unpaired) electrons. The van der Waals surface area contributed by atoms with Gasteiger partial charge in [-0.15, -0.1) is 0 Å². The Hall–Kier alpha value is -2.66. The molecule has 0 aliphatic carbocycles. The summed E-state index contributed by atoms with van der Waals surface area (Å²) in [6.07, 6.45) is 1.35. The van der Waals surface area contributed by atoms with Crippen molar-refractivity contribution >= 4 is 11.8 Å². The van der Waals surface area contributed by atoms with Crippen molar-refractivity contribution in [2.24, 2.45) is 5.92 Å². The molecule has 0 fully saturated rings. The molecule has 0 saturated heterocycles. The van der Waals surface area contributed by atoms with Gasteiger partial charge in [0.1, 0.15) is 6.04 Å². The van der Waals surface area contributed by atoms with Crippen LogP contribution in [0.4, 0.5) is 0 Å². The molecule has 1 heterocycles. The Morgan fingerprint density at radius 3 is 2.12 bits per heavy atom. The molecule has 0 N–H and O–H groups in total. The van der Waals surface area contributed by atoms with E-state index in [4.69, 9.17) is 0 Å². The van der Waals surface area contributed by atoms with Gasteiger partial charge in [0, 0.05) is 38.5 Å². The predicted octanol–water partition coefficient (Wildman–Crippen LogP) is 4.10. The molecule has 2 aromatic carbocycles. The van der Waals surface area contributed by atoms with Crippen LogP contribution in [0.5, 0.6) is 0 Å². The number of likely N-dealkylation sites (N-methyl/N-ethyl adjacent to an activating group) is 1. The summed E-state index contributed by atoms with van der Waals surface area (Å²) in [5, 5.41) is 0. The van der Waals surface area contributed by atoms with Gasteiger partial charge in [-0.05, 0) is 49.7 Å². The smallest absolute Gasteiger partial charge is 0.246 e. The van der Waals surface area contributed by atoms with Crippen LogP contribution >= 0.6 is 0 Å². The minimum absolute atomic E-state index is 0.0380. The van der Waals surface area contributed by atoms with Gasteiger partial charge in [0.05, 0.1) is 0 Å². The predicted molar refractivity (Wildman–Crippen MR) is 129 cm³/mol. The number of hydrogen-bond donors (Lipinski definition) is 0. The number of rotatable bonds is 8. The summed E-state index contributed by atoms with van der Waals surface area (Å²) >= 11 is 0. The molecule has 2 amide bonds. The SMILES string of the molecule is CCC(C)C(=O)N1Cc2ccccc2CC1C(=O)N(CC)Cc1ccc(CN(C)C)cc1. The lowest BCUT2D eigenvalue weighted by molar-refractivity contribution is -0.149. The Bertz CT molecular complexity index is 923. The number of fused-ring (bicyclic) bond motifs is 1. The number of nitrogens with zero attached hydrogens (tertiary/aromatic N) is 3. The van der Waals surface area contributed by atoms with Crippen LogP contribution in [0.15, 0.2) is 48.5 Å². The standard InChI is InChI=1S/C27H37N3O2/c1-6-20(3)26(31)30-19-24-11-9-8-10-23(24)16-25(30)27(32)29(7-2)18-22-14-12-21(13-15-22)17-28(4)5/h8-15,20,25H,6-7,16-19H2,1-5H3. The Kier molecular flexibility index (Phi) is 8.08. The molecule has 0 aromatic heterocycles. The van der Waals surface area contributed by atoms with Gasteiger partial charge in [0.25, 0.3) is 0 Å². The summed E-state index contributed by atoms with van der Waals surface area (Å²) in [6.45, 7) is 8.56. The van der Waals surface area contributed by atoms with Gasteiger partial charge in [-0.1, -0.05) is 62.4 Å². The van der Waals surface area contributed by atoms with Crippen LogP contribution in [0.3, 0.4) is 0 Å². The molecule has 2 atom stereocenters. The third-order valence-corrected chi connectivity index (χ3v) is 6.44. The lowest BCUT2D eigenvalue weighted by Gasteiger charge is -2.39. The molecule has 2 aromatic rings. The molecule has 3 rings (SSSR count). The summed E-state index contributed by atoms with van der Waals surface area (Å²) in [7, 11) is 4.11. The van der Waals surface area contributed by atoms with E-state index in [1.807, 2.05) is 42.7 Å². The average Bonchev–Trinajstić information content (AvgIpc) is 2.80. The van der Waals surface area contributed by atoms with Gasteiger partial charge in [-0.25, -0.2) is 0 Å². The Balaban J connectivity index is 1.81. The van der Waals surface area contributed by atoms with E-state index < -0.39 is 6.04 Å². The van der Waals surface area contributed by atoms with E-state index in [2.05, 4.69) is 55.4 Å². The van der Waals surface area contributed by atoms with E-state index in [0.717, 1.165) is 24.1 Å². The third-order valence-electron chi connectivity index (χ3n) is 6.44. The molecule has 1 aliphatic heterocycles. The first-order valence-electron chi connectivity index (χ1n) is 11.7. The van der Waals surface area contributed by atoms with E-state index in [9.17, 15) is 9.59 Å². The molecule has 5 nitrogen and oxygen atoms in total. The largest absolute Gasteiger partial charge is 0.337 e. The van der Waals surface area contributed by atoms with E-state index in [0.29, 0.717) is 26.1 Å². The van der Waals surface area contributed by atoms with Gasteiger partial charge in [0.15, 0.2) is 0 Å². The van der Waals surface area contributed by atoms with Crippen molar-refractivity contribution in [1.82, 2.24) is 14.7 Å². The summed E-state index contributed by atoms with van der Waals surface area (Å²) in [5.74, 6) is 0.0235. The second-order valence-electron chi connectivity index (χ2n) is 9.17. The molecule has 5 heteroatoms. The molecule has 0 saturated carbocycles. The van der Waals surface area contributed by atoms with Gasteiger partial charge < -0.3 is 14.7 Å². The maximum Gasteiger partial charge on any atom is 0.246 e. The Labute approximate surface area is 193 Å². The van der Waals surface area contributed by atoms with Crippen LogP contribution in [0.1, 0.15) is 49.4 Å². The molecule has 2 unspecified atom stereocenters. The minimum Gasteiger partial charge on any atom is -0.337 e. The van der Waals surface area contributed by atoms with Crippen molar-refractivity contribution in [1.29, 1.82) is 0 Å². The molecule has 172 valence electrons. The van der Waals surface area contributed by atoms with Crippen molar-refractivity contribution < 1.29 is 9.59 Å². The van der Waals surface area contributed by atoms with Gasteiger partial charge in [-0.3, -0.25) is 9.59 Å². The van der Waals surface area contributed by atoms with Crippen molar-refractivity contribution in [3.05, 3.63) is 70.8 Å². The van der Waals surface area contributed by atoms with E-state index in [1.165, 1.54) is 11.1 Å². The molecule has 32 heavy (non-hydrogen) atoms.